The first-order valence-corrected chi connectivity index (χ1v) is 6.69. The van der Waals surface area contributed by atoms with Crippen molar-refractivity contribution >= 4 is 21.6 Å². The fourth-order valence-electron chi connectivity index (χ4n) is 1.98. The van der Waals surface area contributed by atoms with Gasteiger partial charge >= 0.3 is 0 Å². The number of sulfonamides is 1. The van der Waals surface area contributed by atoms with Crippen molar-refractivity contribution in [2.75, 3.05) is 6.54 Å². The molecule has 1 aromatic rings. The highest BCUT2D eigenvalue weighted by Gasteiger charge is 2.51. The minimum absolute atomic E-state index is 0.120. The molecule has 3 aliphatic heterocycles. The predicted molar refractivity (Wildman–Crippen MR) is 59.2 cm³/mol. The fourth-order valence-corrected chi connectivity index (χ4v) is 3.72. The first-order valence-electron chi connectivity index (χ1n) is 4.87. The quantitative estimate of drug-likeness (QED) is 0.794. The normalized spacial score (nSPS) is 29.1. The van der Waals surface area contributed by atoms with Gasteiger partial charge in [0.1, 0.15) is 6.29 Å². The zero-order chi connectivity index (χ0) is 11.3. The Labute approximate surface area is 98.4 Å². The van der Waals surface area contributed by atoms with Gasteiger partial charge in [-0.05, 0) is 24.3 Å². The van der Waals surface area contributed by atoms with E-state index >= 15 is 0 Å². The Hall–Kier alpha value is -0.660. The molecular weight excluding hydrogens is 250 g/mol. The molecule has 2 bridgehead atoms. The van der Waals surface area contributed by atoms with Crippen molar-refractivity contribution in [2.24, 2.45) is 0 Å². The second-order valence-electron chi connectivity index (χ2n) is 3.78. The Bertz CT molecular complexity index is 502. The highest BCUT2D eigenvalue weighted by atomic mass is 35.5. The maximum Gasteiger partial charge on any atom is 0.246 e. The standard InChI is InChI=1S/C9H10ClN3O2S/c10-6-1-3-7(4-2-6)16(14,15)13-8-5-11-9(13)12-8/h1-4,8-9,11-12H,5H2. The minimum atomic E-state index is -3.41. The Morgan fingerprint density at radius 2 is 2.00 bits per heavy atom. The first-order chi connectivity index (χ1) is 7.59. The van der Waals surface area contributed by atoms with Gasteiger partial charge in [-0.25, -0.2) is 8.42 Å². The number of fused-ring (bicyclic) bond motifs is 1. The van der Waals surface area contributed by atoms with Crippen LogP contribution in [0, 0.1) is 0 Å². The van der Waals surface area contributed by atoms with Gasteiger partial charge in [0.25, 0.3) is 0 Å². The number of halogens is 1. The van der Waals surface area contributed by atoms with Crippen LogP contribution >= 0.6 is 11.6 Å². The Morgan fingerprint density at radius 1 is 1.31 bits per heavy atom. The summed E-state index contributed by atoms with van der Waals surface area (Å²) in [5.41, 5.74) is 0. The smallest absolute Gasteiger partial charge is 0.246 e. The molecule has 2 atom stereocenters. The molecular formula is C9H10ClN3O2S. The molecule has 0 aromatic heterocycles. The predicted octanol–water partition coefficient (Wildman–Crippen LogP) is 0.147. The lowest BCUT2D eigenvalue weighted by atomic mass is 10.4. The summed E-state index contributed by atoms with van der Waals surface area (Å²) < 4.78 is 25.8. The van der Waals surface area contributed by atoms with E-state index in [2.05, 4.69) is 10.6 Å². The zero-order valence-electron chi connectivity index (χ0n) is 8.22. The van der Waals surface area contributed by atoms with E-state index in [4.69, 9.17) is 11.6 Å². The van der Waals surface area contributed by atoms with Gasteiger partial charge < -0.3 is 0 Å². The molecule has 2 N–H and O–H groups in total. The van der Waals surface area contributed by atoms with Crippen molar-refractivity contribution in [1.82, 2.24) is 14.9 Å². The molecule has 86 valence electrons. The van der Waals surface area contributed by atoms with E-state index in [9.17, 15) is 8.42 Å². The van der Waals surface area contributed by atoms with Gasteiger partial charge in [-0.3, -0.25) is 10.6 Å². The number of benzene rings is 1. The van der Waals surface area contributed by atoms with Crippen LogP contribution in [-0.2, 0) is 10.0 Å². The van der Waals surface area contributed by atoms with Crippen LogP contribution < -0.4 is 10.6 Å². The third kappa shape index (κ3) is 1.38. The molecule has 7 heteroatoms. The van der Waals surface area contributed by atoms with Crippen LogP contribution in [0.15, 0.2) is 29.2 Å². The fraction of sp³-hybridized carbons (Fsp3) is 0.333. The molecule has 0 aliphatic carbocycles. The summed E-state index contributed by atoms with van der Waals surface area (Å²) in [7, 11) is -3.41. The summed E-state index contributed by atoms with van der Waals surface area (Å²) >= 11 is 5.73. The largest absolute Gasteiger partial charge is 0.286 e. The van der Waals surface area contributed by atoms with Crippen molar-refractivity contribution in [1.29, 1.82) is 0 Å². The van der Waals surface area contributed by atoms with E-state index in [1.165, 1.54) is 16.4 Å². The molecule has 1 aromatic carbocycles. The van der Waals surface area contributed by atoms with Gasteiger partial charge in [0.2, 0.25) is 10.0 Å². The van der Waals surface area contributed by atoms with E-state index in [1.54, 1.807) is 12.1 Å². The lowest BCUT2D eigenvalue weighted by Crippen LogP contribution is -2.66. The van der Waals surface area contributed by atoms with Crippen LogP contribution in [0.2, 0.25) is 5.02 Å². The van der Waals surface area contributed by atoms with Crippen LogP contribution in [0.25, 0.3) is 0 Å². The average Bonchev–Trinajstić information content (AvgIpc) is 2.79. The molecule has 3 aliphatic rings. The third-order valence-electron chi connectivity index (χ3n) is 2.81. The molecule has 0 spiro atoms. The SMILES string of the molecule is O=S(=O)(c1ccc(Cl)cc1)N1C2CNC1N2. The molecule has 5 nitrogen and oxygen atoms in total. The van der Waals surface area contributed by atoms with E-state index in [-0.39, 0.29) is 17.4 Å². The van der Waals surface area contributed by atoms with Crippen molar-refractivity contribution in [3.05, 3.63) is 29.3 Å². The van der Waals surface area contributed by atoms with Crippen molar-refractivity contribution in [2.45, 2.75) is 17.4 Å². The molecule has 0 amide bonds. The van der Waals surface area contributed by atoms with Crippen LogP contribution in [0.4, 0.5) is 0 Å². The van der Waals surface area contributed by atoms with Gasteiger partial charge in [0.15, 0.2) is 0 Å². The summed E-state index contributed by atoms with van der Waals surface area (Å²) in [5, 5.41) is 6.63. The highest BCUT2D eigenvalue weighted by molar-refractivity contribution is 7.89. The summed E-state index contributed by atoms with van der Waals surface area (Å²) in [6.07, 6.45) is -0.378. The minimum Gasteiger partial charge on any atom is -0.286 e. The lowest BCUT2D eigenvalue weighted by Gasteiger charge is -2.38. The van der Waals surface area contributed by atoms with E-state index in [0.717, 1.165) is 0 Å². The van der Waals surface area contributed by atoms with Gasteiger partial charge in [-0.2, -0.15) is 0 Å². The van der Waals surface area contributed by atoms with Crippen molar-refractivity contribution in [3.63, 3.8) is 0 Å². The Morgan fingerprint density at radius 3 is 2.50 bits per heavy atom. The molecule has 0 radical (unpaired) electrons. The maximum atomic E-state index is 12.2. The monoisotopic (exact) mass is 259 g/mol. The zero-order valence-corrected chi connectivity index (χ0v) is 9.79. The Balaban J connectivity index is 1.97. The molecule has 2 unspecified atom stereocenters. The van der Waals surface area contributed by atoms with Gasteiger partial charge in [-0.1, -0.05) is 11.6 Å². The van der Waals surface area contributed by atoms with E-state index in [1.807, 2.05) is 0 Å². The lowest BCUT2D eigenvalue weighted by molar-refractivity contribution is 0.130. The summed E-state index contributed by atoms with van der Waals surface area (Å²) in [4.78, 5) is 0.275. The van der Waals surface area contributed by atoms with Crippen LogP contribution in [-0.4, -0.2) is 31.7 Å². The topological polar surface area (TPSA) is 61.4 Å². The second kappa shape index (κ2) is 3.41. The molecule has 4 rings (SSSR count). The molecule has 3 fully saturated rings. The van der Waals surface area contributed by atoms with Crippen molar-refractivity contribution in [3.8, 4) is 0 Å². The van der Waals surface area contributed by atoms with Gasteiger partial charge in [0, 0.05) is 11.6 Å². The molecule has 3 saturated heterocycles. The average molecular weight is 260 g/mol. The number of nitrogens with zero attached hydrogens (tertiary/aromatic N) is 1. The molecule has 0 saturated carbocycles. The van der Waals surface area contributed by atoms with Crippen LogP contribution in [0.5, 0.6) is 0 Å². The van der Waals surface area contributed by atoms with E-state index in [0.29, 0.717) is 11.6 Å². The highest BCUT2D eigenvalue weighted by Crippen LogP contribution is 2.28. The number of hydrogen-bond acceptors (Lipinski definition) is 4. The summed E-state index contributed by atoms with van der Waals surface area (Å²) in [5.74, 6) is 0. The second-order valence-corrected chi connectivity index (χ2v) is 6.06. The third-order valence-corrected chi connectivity index (χ3v) is 4.95. The summed E-state index contributed by atoms with van der Waals surface area (Å²) in [6, 6.07) is 6.21. The summed E-state index contributed by atoms with van der Waals surface area (Å²) in [6.45, 7) is 0.650. The van der Waals surface area contributed by atoms with Gasteiger partial charge in [-0.15, -0.1) is 4.31 Å². The van der Waals surface area contributed by atoms with E-state index < -0.39 is 10.0 Å². The van der Waals surface area contributed by atoms with Crippen LogP contribution in [0.1, 0.15) is 0 Å². The maximum absolute atomic E-state index is 12.2. The molecule has 16 heavy (non-hydrogen) atoms. The number of rotatable bonds is 2. The number of hydrogen-bond donors (Lipinski definition) is 2. The van der Waals surface area contributed by atoms with Crippen molar-refractivity contribution < 1.29 is 8.42 Å². The Kier molecular flexibility index (Phi) is 2.24. The number of nitrogens with one attached hydrogen (secondary N) is 2. The first kappa shape index (κ1) is 10.5. The van der Waals surface area contributed by atoms with Crippen LogP contribution in [0.3, 0.4) is 0 Å². The molecule has 3 heterocycles. The van der Waals surface area contributed by atoms with Gasteiger partial charge in [0.05, 0.1) is 11.1 Å².